The molecule has 96 valence electrons. The summed E-state index contributed by atoms with van der Waals surface area (Å²) in [5.74, 6) is -0.349. The van der Waals surface area contributed by atoms with Gasteiger partial charge in [0.2, 0.25) is 5.89 Å². The van der Waals surface area contributed by atoms with E-state index in [0.717, 1.165) is 27.8 Å². The molecule has 0 unspecified atom stereocenters. The van der Waals surface area contributed by atoms with Crippen LogP contribution in [0.5, 0.6) is 0 Å². The number of rotatable bonds is 2. The van der Waals surface area contributed by atoms with Crippen LogP contribution in [-0.2, 0) is 4.79 Å². The van der Waals surface area contributed by atoms with Gasteiger partial charge < -0.3 is 9.52 Å². The monoisotopic (exact) mass is 263 g/mol. The Hall–Kier alpha value is -2.88. The van der Waals surface area contributed by atoms with Crippen LogP contribution in [0.15, 0.2) is 46.9 Å². The van der Waals surface area contributed by atoms with Gasteiger partial charge in [-0.05, 0) is 41.5 Å². The number of fused-ring (bicyclic) bond motifs is 2. The molecule has 1 aromatic heterocycles. The third-order valence-corrected chi connectivity index (χ3v) is 3.41. The van der Waals surface area contributed by atoms with Crippen molar-refractivity contribution in [3.8, 4) is 11.5 Å². The first kappa shape index (κ1) is 11.0. The Labute approximate surface area is 114 Å². The minimum atomic E-state index is -0.896. The Kier molecular flexibility index (Phi) is 2.09. The third kappa shape index (κ3) is 1.48. The molecule has 0 bridgehead atoms. The average molecular weight is 263 g/mol. The summed E-state index contributed by atoms with van der Waals surface area (Å²) in [5, 5.41) is 8.96. The smallest absolute Gasteiger partial charge is 0.336 e. The molecule has 1 aliphatic rings. The van der Waals surface area contributed by atoms with E-state index in [0.29, 0.717) is 11.5 Å². The molecular formula is C16H9NO3. The lowest BCUT2D eigenvalue weighted by Crippen LogP contribution is -2.08. The van der Waals surface area contributed by atoms with Crippen LogP contribution in [0, 0.1) is 0 Å². The van der Waals surface area contributed by atoms with Gasteiger partial charge in [-0.3, -0.25) is 0 Å². The highest BCUT2D eigenvalue weighted by molar-refractivity contribution is 6.26. The van der Waals surface area contributed by atoms with Crippen LogP contribution < -0.4 is 0 Å². The molecule has 20 heavy (non-hydrogen) atoms. The second kappa shape index (κ2) is 3.81. The Morgan fingerprint density at radius 3 is 2.75 bits per heavy atom. The number of carbonyl (C=O) groups is 1. The number of hydrogen-bond donors (Lipinski definition) is 1. The summed E-state index contributed by atoms with van der Waals surface area (Å²) in [6.07, 6.45) is 1.66. The molecule has 3 aromatic rings. The first-order valence-electron chi connectivity index (χ1n) is 6.18. The Balaban J connectivity index is 1.79. The number of aromatic nitrogens is 1. The lowest BCUT2D eigenvalue weighted by Gasteiger charge is -2.16. The SMILES string of the molecule is O=C(O)C1=Cc2cc(-c3nc4ccccc4o3)ccc21. The van der Waals surface area contributed by atoms with E-state index in [1.165, 1.54) is 0 Å². The fourth-order valence-corrected chi connectivity index (χ4v) is 2.39. The van der Waals surface area contributed by atoms with Crippen molar-refractivity contribution in [3.63, 3.8) is 0 Å². The number of benzene rings is 2. The standard InChI is InChI=1S/C16H9NO3/c18-16(19)12-8-10-7-9(5-6-11(10)12)15-17-13-3-1-2-4-14(13)20-15/h1-8H,(H,18,19). The van der Waals surface area contributed by atoms with Crippen LogP contribution in [0.4, 0.5) is 0 Å². The molecule has 0 atom stereocenters. The van der Waals surface area contributed by atoms with Crippen molar-refractivity contribution in [1.29, 1.82) is 0 Å². The molecule has 2 aromatic carbocycles. The van der Waals surface area contributed by atoms with Crippen molar-refractivity contribution in [3.05, 3.63) is 53.6 Å². The van der Waals surface area contributed by atoms with Crippen LogP contribution in [0.3, 0.4) is 0 Å². The Morgan fingerprint density at radius 1 is 1.15 bits per heavy atom. The van der Waals surface area contributed by atoms with E-state index in [4.69, 9.17) is 9.52 Å². The van der Waals surface area contributed by atoms with Crippen molar-refractivity contribution in [1.82, 2.24) is 4.98 Å². The van der Waals surface area contributed by atoms with Gasteiger partial charge in [0, 0.05) is 5.56 Å². The zero-order valence-electron chi connectivity index (χ0n) is 10.3. The van der Waals surface area contributed by atoms with Gasteiger partial charge >= 0.3 is 5.97 Å². The molecule has 0 radical (unpaired) electrons. The van der Waals surface area contributed by atoms with Gasteiger partial charge in [-0.2, -0.15) is 0 Å². The fraction of sp³-hybridized carbons (Fsp3) is 0. The zero-order valence-corrected chi connectivity index (χ0v) is 10.3. The summed E-state index contributed by atoms with van der Waals surface area (Å²) in [6, 6.07) is 13.1. The van der Waals surface area contributed by atoms with E-state index in [2.05, 4.69) is 4.98 Å². The van der Waals surface area contributed by atoms with Gasteiger partial charge in [-0.25, -0.2) is 9.78 Å². The molecular weight excluding hydrogens is 254 g/mol. The second-order valence-electron chi connectivity index (χ2n) is 4.65. The molecule has 4 heteroatoms. The number of para-hydroxylation sites is 2. The van der Waals surface area contributed by atoms with Crippen LogP contribution >= 0.6 is 0 Å². The predicted octanol–water partition coefficient (Wildman–Crippen LogP) is 3.43. The highest BCUT2D eigenvalue weighted by atomic mass is 16.4. The number of nitrogens with zero attached hydrogens (tertiary/aromatic N) is 1. The van der Waals surface area contributed by atoms with E-state index < -0.39 is 5.97 Å². The predicted molar refractivity (Wildman–Crippen MR) is 75.0 cm³/mol. The maximum Gasteiger partial charge on any atom is 0.336 e. The topological polar surface area (TPSA) is 63.3 Å². The van der Waals surface area contributed by atoms with Gasteiger partial charge in [0.25, 0.3) is 0 Å². The maximum atomic E-state index is 10.9. The van der Waals surface area contributed by atoms with Gasteiger partial charge in [-0.15, -0.1) is 0 Å². The van der Waals surface area contributed by atoms with Gasteiger partial charge in [0.15, 0.2) is 5.58 Å². The Morgan fingerprint density at radius 2 is 2.00 bits per heavy atom. The maximum absolute atomic E-state index is 10.9. The van der Waals surface area contributed by atoms with E-state index in [1.54, 1.807) is 12.1 Å². The third-order valence-electron chi connectivity index (χ3n) is 3.41. The molecule has 1 heterocycles. The number of oxazole rings is 1. The summed E-state index contributed by atoms with van der Waals surface area (Å²) in [4.78, 5) is 15.3. The summed E-state index contributed by atoms with van der Waals surface area (Å²) >= 11 is 0. The van der Waals surface area contributed by atoms with Crippen LogP contribution in [-0.4, -0.2) is 16.1 Å². The largest absolute Gasteiger partial charge is 0.478 e. The number of carboxylic acid groups (broad SMARTS) is 1. The first-order chi connectivity index (χ1) is 9.72. The highest BCUT2D eigenvalue weighted by Crippen LogP contribution is 2.36. The average Bonchev–Trinajstić information content (AvgIpc) is 2.83. The first-order valence-corrected chi connectivity index (χ1v) is 6.18. The van der Waals surface area contributed by atoms with Crippen LogP contribution in [0.1, 0.15) is 11.1 Å². The van der Waals surface area contributed by atoms with Gasteiger partial charge in [-0.1, -0.05) is 18.2 Å². The van der Waals surface area contributed by atoms with E-state index in [-0.39, 0.29) is 0 Å². The number of aliphatic carboxylic acids is 1. The van der Waals surface area contributed by atoms with E-state index >= 15 is 0 Å². The normalized spacial score (nSPS) is 12.7. The molecule has 0 saturated carbocycles. The molecule has 4 nitrogen and oxygen atoms in total. The van der Waals surface area contributed by atoms with Crippen LogP contribution in [0.2, 0.25) is 0 Å². The molecule has 0 amide bonds. The van der Waals surface area contributed by atoms with Crippen molar-refractivity contribution >= 4 is 28.7 Å². The lowest BCUT2D eigenvalue weighted by molar-refractivity contribution is -0.130. The molecule has 1 N–H and O–H groups in total. The summed E-state index contributed by atoms with van der Waals surface area (Å²) < 4.78 is 5.70. The fourth-order valence-electron chi connectivity index (χ4n) is 2.39. The summed E-state index contributed by atoms with van der Waals surface area (Å²) in [6.45, 7) is 0. The lowest BCUT2D eigenvalue weighted by atomic mass is 9.87. The summed E-state index contributed by atoms with van der Waals surface area (Å²) in [7, 11) is 0. The summed E-state index contributed by atoms with van der Waals surface area (Å²) in [5.41, 5.74) is 4.42. The zero-order chi connectivity index (χ0) is 13.7. The number of carboxylic acids is 1. The van der Waals surface area contributed by atoms with Crippen LogP contribution in [0.25, 0.3) is 34.2 Å². The molecule has 0 fully saturated rings. The van der Waals surface area contributed by atoms with Gasteiger partial charge in [0.05, 0.1) is 5.57 Å². The molecule has 4 rings (SSSR count). The second-order valence-corrected chi connectivity index (χ2v) is 4.65. The van der Waals surface area contributed by atoms with Crippen molar-refractivity contribution in [2.24, 2.45) is 0 Å². The molecule has 0 saturated heterocycles. The van der Waals surface area contributed by atoms with E-state index in [9.17, 15) is 4.79 Å². The van der Waals surface area contributed by atoms with E-state index in [1.807, 2.05) is 36.4 Å². The minimum absolute atomic E-state index is 0.351. The number of hydrogen-bond acceptors (Lipinski definition) is 3. The van der Waals surface area contributed by atoms with Crippen molar-refractivity contribution < 1.29 is 14.3 Å². The highest BCUT2D eigenvalue weighted by Gasteiger charge is 2.22. The van der Waals surface area contributed by atoms with Crippen molar-refractivity contribution in [2.45, 2.75) is 0 Å². The molecule has 0 aliphatic heterocycles. The van der Waals surface area contributed by atoms with Gasteiger partial charge in [0.1, 0.15) is 5.52 Å². The quantitative estimate of drug-likeness (QED) is 0.769. The van der Waals surface area contributed by atoms with Crippen molar-refractivity contribution in [2.75, 3.05) is 0 Å². The minimum Gasteiger partial charge on any atom is -0.478 e. The Bertz CT molecular complexity index is 857. The molecule has 0 spiro atoms. The molecule has 1 aliphatic carbocycles.